The minimum Gasteiger partial charge on any atom is -0.309 e. The van der Waals surface area contributed by atoms with E-state index in [4.69, 9.17) is 0 Å². The predicted molar refractivity (Wildman–Crippen MR) is 139 cm³/mol. The fourth-order valence-electron chi connectivity index (χ4n) is 5.00. The van der Waals surface area contributed by atoms with Crippen molar-refractivity contribution in [1.82, 2.24) is 4.57 Å². The van der Waals surface area contributed by atoms with Gasteiger partial charge in [-0.25, -0.2) is 0 Å². The summed E-state index contributed by atoms with van der Waals surface area (Å²) in [5.41, 5.74) is 3.70. The molecule has 5 aromatic carbocycles. The van der Waals surface area contributed by atoms with E-state index in [2.05, 4.69) is 118 Å². The summed E-state index contributed by atoms with van der Waals surface area (Å²) in [5, 5.41) is 8.00. The minimum absolute atomic E-state index is 1.09. The van der Waals surface area contributed by atoms with Crippen molar-refractivity contribution in [2.75, 3.05) is 0 Å². The fraction of sp³-hybridized carbons (Fsp3) is 0. The third-order valence-corrected chi connectivity index (χ3v) is 7.90. The highest BCUT2D eigenvalue weighted by molar-refractivity contribution is 9.10. The summed E-state index contributed by atoms with van der Waals surface area (Å²) in [6, 6.07) is 35.1. The van der Waals surface area contributed by atoms with Crippen LogP contribution in [0.4, 0.5) is 0 Å². The largest absolute Gasteiger partial charge is 0.309 e. The van der Waals surface area contributed by atoms with Crippen molar-refractivity contribution in [2.45, 2.75) is 0 Å². The number of hydrogen-bond acceptors (Lipinski definition) is 1. The maximum Gasteiger partial charge on any atom is 0.0634 e. The lowest BCUT2D eigenvalue weighted by atomic mass is 10.00. The molecule has 0 aliphatic rings. The number of para-hydroxylation sites is 1. The van der Waals surface area contributed by atoms with Crippen molar-refractivity contribution < 1.29 is 0 Å². The maximum absolute atomic E-state index is 3.68. The number of benzene rings is 5. The molecule has 1 nitrogen and oxygen atoms in total. The molecule has 2 aromatic heterocycles. The van der Waals surface area contributed by atoms with E-state index < -0.39 is 0 Å². The summed E-state index contributed by atoms with van der Waals surface area (Å²) in [6.07, 6.45) is 0. The summed E-state index contributed by atoms with van der Waals surface area (Å²) in [6.45, 7) is 0. The number of fused-ring (bicyclic) bond motifs is 10. The van der Waals surface area contributed by atoms with E-state index in [9.17, 15) is 0 Å². The quantitative estimate of drug-likeness (QED) is 0.222. The molecule has 0 aliphatic heterocycles. The average molecular weight is 478 g/mol. The van der Waals surface area contributed by atoms with E-state index in [1.165, 1.54) is 58.4 Å². The van der Waals surface area contributed by atoms with Gasteiger partial charge in [0.1, 0.15) is 0 Å². The zero-order valence-electron chi connectivity index (χ0n) is 16.5. The maximum atomic E-state index is 3.68. The summed E-state index contributed by atoms with van der Waals surface area (Å²) in [7, 11) is 0. The highest BCUT2D eigenvalue weighted by Crippen LogP contribution is 2.47. The van der Waals surface area contributed by atoms with E-state index in [-0.39, 0.29) is 0 Å². The monoisotopic (exact) mass is 477 g/mol. The molecule has 3 heteroatoms. The van der Waals surface area contributed by atoms with Crippen molar-refractivity contribution in [3.63, 3.8) is 0 Å². The van der Waals surface area contributed by atoms with Crippen LogP contribution < -0.4 is 0 Å². The van der Waals surface area contributed by atoms with E-state index in [1.807, 2.05) is 11.3 Å². The molecule has 0 aliphatic carbocycles. The molecule has 0 bridgehead atoms. The van der Waals surface area contributed by atoms with Crippen LogP contribution in [0, 0.1) is 0 Å². The Bertz CT molecular complexity index is 1810. The third-order valence-electron chi connectivity index (χ3n) is 6.22. The third kappa shape index (κ3) is 2.36. The molecule has 0 saturated heterocycles. The van der Waals surface area contributed by atoms with E-state index in [0.29, 0.717) is 0 Å². The highest BCUT2D eigenvalue weighted by atomic mass is 79.9. The molecule has 0 unspecified atom stereocenters. The van der Waals surface area contributed by atoms with Crippen LogP contribution in [-0.2, 0) is 0 Å². The van der Waals surface area contributed by atoms with Crippen molar-refractivity contribution in [3.05, 3.63) is 102 Å². The molecule has 0 N–H and O–H groups in total. The van der Waals surface area contributed by atoms with Crippen LogP contribution >= 0.6 is 27.3 Å². The number of hydrogen-bond donors (Lipinski definition) is 0. The zero-order valence-corrected chi connectivity index (χ0v) is 18.9. The smallest absolute Gasteiger partial charge is 0.0634 e. The van der Waals surface area contributed by atoms with Crippen LogP contribution in [-0.4, -0.2) is 4.57 Å². The molecule has 146 valence electrons. The Hall–Kier alpha value is -3.14. The van der Waals surface area contributed by atoms with Gasteiger partial charge in [0.05, 0.1) is 11.0 Å². The normalized spacial score (nSPS) is 12.0. The summed E-state index contributed by atoms with van der Waals surface area (Å²) < 4.78 is 6.24. The first-order valence-corrected chi connectivity index (χ1v) is 11.9. The van der Waals surface area contributed by atoms with Crippen LogP contribution in [0.2, 0.25) is 0 Å². The summed E-state index contributed by atoms with van der Waals surface area (Å²) in [5.74, 6) is 0. The molecule has 0 saturated carbocycles. The van der Waals surface area contributed by atoms with Gasteiger partial charge in [0, 0.05) is 46.5 Å². The molecule has 0 amide bonds. The lowest BCUT2D eigenvalue weighted by molar-refractivity contribution is 1.18. The zero-order chi connectivity index (χ0) is 20.5. The molecule has 0 atom stereocenters. The Balaban J connectivity index is 1.86. The Morgan fingerprint density at radius 1 is 0.613 bits per heavy atom. The molecule has 0 spiro atoms. The Morgan fingerprint density at radius 2 is 1.32 bits per heavy atom. The fourth-order valence-corrected chi connectivity index (χ4v) is 6.67. The van der Waals surface area contributed by atoms with Crippen molar-refractivity contribution >= 4 is 80.0 Å². The van der Waals surface area contributed by atoms with Gasteiger partial charge in [-0.2, -0.15) is 0 Å². The first-order chi connectivity index (χ1) is 15.3. The second-order valence-corrected chi connectivity index (χ2v) is 9.87. The van der Waals surface area contributed by atoms with Crippen molar-refractivity contribution in [3.8, 4) is 5.69 Å². The van der Waals surface area contributed by atoms with Gasteiger partial charge < -0.3 is 4.57 Å². The molecule has 0 fully saturated rings. The number of thiophene rings is 1. The van der Waals surface area contributed by atoms with Gasteiger partial charge >= 0.3 is 0 Å². The van der Waals surface area contributed by atoms with Crippen LogP contribution in [0.5, 0.6) is 0 Å². The summed E-state index contributed by atoms with van der Waals surface area (Å²) >= 11 is 5.59. The van der Waals surface area contributed by atoms with Gasteiger partial charge in [-0.05, 0) is 35.7 Å². The molecule has 31 heavy (non-hydrogen) atoms. The highest BCUT2D eigenvalue weighted by Gasteiger charge is 2.21. The van der Waals surface area contributed by atoms with Gasteiger partial charge in [0.25, 0.3) is 0 Å². The molecular formula is C28H16BrNS. The van der Waals surface area contributed by atoms with Gasteiger partial charge in [-0.15, -0.1) is 11.3 Å². The number of rotatable bonds is 1. The molecular weight excluding hydrogens is 462 g/mol. The standard InChI is InChI=1S/C28H16BrNS/c29-17-8-7-9-18(16-17)30-23-14-5-3-12-21(23)26-27(30)20-11-2-1-10-19(20)25-22-13-4-6-15-24(22)31-28(25)26/h1-16H. The second-order valence-electron chi connectivity index (χ2n) is 7.90. The number of halogens is 1. The Kier molecular flexibility index (Phi) is 3.64. The Morgan fingerprint density at radius 3 is 2.16 bits per heavy atom. The first kappa shape index (κ1) is 17.5. The van der Waals surface area contributed by atoms with Gasteiger partial charge in [-0.1, -0.05) is 82.7 Å². The topological polar surface area (TPSA) is 4.93 Å². The van der Waals surface area contributed by atoms with E-state index >= 15 is 0 Å². The van der Waals surface area contributed by atoms with Crippen LogP contribution in [0.3, 0.4) is 0 Å². The van der Waals surface area contributed by atoms with Gasteiger partial charge in [-0.3, -0.25) is 0 Å². The van der Waals surface area contributed by atoms with Crippen LogP contribution in [0.25, 0.3) is 58.4 Å². The van der Waals surface area contributed by atoms with Crippen LogP contribution in [0.15, 0.2) is 102 Å². The molecule has 7 rings (SSSR count). The van der Waals surface area contributed by atoms with E-state index in [0.717, 1.165) is 4.47 Å². The van der Waals surface area contributed by atoms with Crippen molar-refractivity contribution in [1.29, 1.82) is 0 Å². The van der Waals surface area contributed by atoms with Gasteiger partial charge in [0.15, 0.2) is 0 Å². The molecule has 0 radical (unpaired) electrons. The lowest BCUT2D eigenvalue weighted by Crippen LogP contribution is -1.94. The molecule has 7 aromatic rings. The lowest BCUT2D eigenvalue weighted by Gasteiger charge is -2.11. The second kappa shape index (κ2) is 6.43. The minimum atomic E-state index is 1.09. The molecule has 2 heterocycles. The van der Waals surface area contributed by atoms with Crippen LogP contribution in [0.1, 0.15) is 0 Å². The SMILES string of the molecule is Brc1cccc(-n2c3ccccc3c3c4sc5ccccc5c4c4ccccc4c32)c1. The first-order valence-electron chi connectivity index (χ1n) is 10.3. The van der Waals surface area contributed by atoms with Crippen molar-refractivity contribution in [2.24, 2.45) is 0 Å². The summed E-state index contributed by atoms with van der Waals surface area (Å²) in [4.78, 5) is 0. The predicted octanol–water partition coefficient (Wildman–Crippen LogP) is 9.07. The van der Waals surface area contributed by atoms with E-state index in [1.54, 1.807) is 0 Å². The van der Waals surface area contributed by atoms with Gasteiger partial charge in [0.2, 0.25) is 0 Å². The Labute approximate surface area is 191 Å². The average Bonchev–Trinajstić information content (AvgIpc) is 3.36. The number of aromatic nitrogens is 1. The number of nitrogens with zero attached hydrogens (tertiary/aromatic N) is 1.